The monoisotopic (exact) mass is 267 g/mol. The van der Waals surface area contributed by atoms with Crippen molar-refractivity contribution in [2.75, 3.05) is 13.1 Å². The maximum Gasteiger partial charge on any atom is 0.325 e. The van der Waals surface area contributed by atoms with Crippen molar-refractivity contribution in [1.82, 2.24) is 15.5 Å². The summed E-state index contributed by atoms with van der Waals surface area (Å²) in [5, 5.41) is 6.28. The van der Waals surface area contributed by atoms with E-state index in [1.165, 1.54) is 17.7 Å². The fourth-order valence-corrected chi connectivity index (χ4v) is 2.77. The summed E-state index contributed by atoms with van der Waals surface area (Å²) in [6.07, 6.45) is 4.46. The zero-order valence-corrected chi connectivity index (χ0v) is 12.2. The fourth-order valence-electron chi connectivity index (χ4n) is 2.77. The lowest BCUT2D eigenvalue weighted by Gasteiger charge is -2.27. The van der Waals surface area contributed by atoms with Gasteiger partial charge in [-0.05, 0) is 38.6 Å². The molecule has 2 fully saturated rings. The molecule has 0 aromatic rings. The lowest BCUT2D eigenvalue weighted by atomic mass is 9.88. The first-order valence-corrected chi connectivity index (χ1v) is 7.32. The highest BCUT2D eigenvalue weighted by Crippen LogP contribution is 2.25. The summed E-state index contributed by atoms with van der Waals surface area (Å²) in [7, 11) is 0. The standard InChI is InChI=1S/C14H25N3O2/c1-10(2)14(3)12(18)17(13(19)16-14)9-7-11-6-4-5-8-15-11/h10-11,15H,4-9H2,1-3H3,(H,16,19). The number of hydrogen-bond donors (Lipinski definition) is 2. The highest BCUT2D eigenvalue weighted by molar-refractivity contribution is 6.06. The van der Waals surface area contributed by atoms with Crippen LogP contribution in [0.5, 0.6) is 0 Å². The molecule has 5 heteroatoms. The normalized spacial score (nSPS) is 32.0. The number of amides is 3. The molecule has 108 valence electrons. The molecule has 2 atom stereocenters. The van der Waals surface area contributed by atoms with Crippen LogP contribution in [0.15, 0.2) is 0 Å². The van der Waals surface area contributed by atoms with E-state index in [9.17, 15) is 9.59 Å². The number of piperidine rings is 1. The summed E-state index contributed by atoms with van der Waals surface area (Å²) in [6.45, 7) is 7.31. The van der Waals surface area contributed by atoms with Crippen LogP contribution in [-0.2, 0) is 4.79 Å². The average Bonchev–Trinajstić information content (AvgIpc) is 2.61. The largest absolute Gasteiger partial charge is 0.325 e. The van der Waals surface area contributed by atoms with E-state index in [4.69, 9.17) is 0 Å². The van der Waals surface area contributed by atoms with Crippen LogP contribution < -0.4 is 10.6 Å². The molecule has 2 N–H and O–H groups in total. The molecular weight excluding hydrogens is 242 g/mol. The van der Waals surface area contributed by atoms with Crippen LogP contribution in [0.2, 0.25) is 0 Å². The number of rotatable bonds is 4. The van der Waals surface area contributed by atoms with Crippen molar-refractivity contribution in [2.45, 2.75) is 58.0 Å². The third-order valence-corrected chi connectivity index (χ3v) is 4.57. The third kappa shape index (κ3) is 2.76. The molecule has 19 heavy (non-hydrogen) atoms. The number of carbonyl (C=O) groups excluding carboxylic acids is 2. The molecule has 0 aliphatic carbocycles. The highest BCUT2D eigenvalue weighted by Gasteiger charge is 2.49. The van der Waals surface area contributed by atoms with E-state index in [0.717, 1.165) is 19.4 Å². The summed E-state index contributed by atoms with van der Waals surface area (Å²) >= 11 is 0. The second kappa shape index (κ2) is 5.49. The predicted molar refractivity (Wildman–Crippen MR) is 73.7 cm³/mol. The Morgan fingerprint density at radius 1 is 1.37 bits per heavy atom. The minimum absolute atomic E-state index is 0.0803. The van der Waals surface area contributed by atoms with Crippen molar-refractivity contribution in [3.05, 3.63) is 0 Å². The van der Waals surface area contributed by atoms with Crippen LogP contribution in [0.3, 0.4) is 0 Å². The molecule has 2 rings (SSSR count). The summed E-state index contributed by atoms with van der Waals surface area (Å²) in [5.74, 6) is 0.0186. The van der Waals surface area contributed by atoms with E-state index in [1.807, 2.05) is 20.8 Å². The van der Waals surface area contributed by atoms with Crippen molar-refractivity contribution in [1.29, 1.82) is 0 Å². The van der Waals surface area contributed by atoms with Gasteiger partial charge in [-0.1, -0.05) is 20.3 Å². The second-order valence-electron chi connectivity index (χ2n) is 6.18. The quantitative estimate of drug-likeness (QED) is 0.759. The van der Waals surface area contributed by atoms with Gasteiger partial charge in [0.05, 0.1) is 0 Å². The van der Waals surface area contributed by atoms with Crippen LogP contribution >= 0.6 is 0 Å². The summed E-state index contributed by atoms with van der Waals surface area (Å²) in [6, 6.07) is 0.206. The van der Waals surface area contributed by atoms with Crippen molar-refractivity contribution in [3.8, 4) is 0 Å². The molecule has 2 unspecified atom stereocenters. The molecule has 0 aromatic carbocycles. The third-order valence-electron chi connectivity index (χ3n) is 4.57. The zero-order valence-electron chi connectivity index (χ0n) is 12.2. The van der Waals surface area contributed by atoms with E-state index in [-0.39, 0.29) is 17.9 Å². The lowest BCUT2D eigenvalue weighted by Crippen LogP contribution is -2.48. The summed E-state index contributed by atoms with van der Waals surface area (Å²) in [5.41, 5.74) is -0.739. The van der Waals surface area contributed by atoms with Gasteiger partial charge in [0.15, 0.2) is 0 Å². The topological polar surface area (TPSA) is 61.4 Å². The van der Waals surface area contributed by atoms with Gasteiger partial charge in [0.25, 0.3) is 5.91 Å². The zero-order chi connectivity index (χ0) is 14.0. The Hall–Kier alpha value is -1.10. The number of carbonyl (C=O) groups is 2. The lowest BCUT2D eigenvalue weighted by molar-refractivity contribution is -0.132. The second-order valence-corrected chi connectivity index (χ2v) is 6.18. The van der Waals surface area contributed by atoms with Crippen LogP contribution in [0, 0.1) is 5.92 Å². The van der Waals surface area contributed by atoms with Crippen molar-refractivity contribution < 1.29 is 9.59 Å². The first-order chi connectivity index (χ1) is 8.95. The highest BCUT2D eigenvalue weighted by atomic mass is 16.2. The Bertz CT molecular complexity index is 364. The van der Waals surface area contributed by atoms with Crippen LogP contribution in [0.1, 0.15) is 46.5 Å². The minimum Gasteiger partial charge on any atom is -0.323 e. The Kier molecular flexibility index (Phi) is 4.13. The number of hydrogen-bond acceptors (Lipinski definition) is 3. The van der Waals surface area contributed by atoms with Gasteiger partial charge >= 0.3 is 6.03 Å². The van der Waals surface area contributed by atoms with Gasteiger partial charge < -0.3 is 10.6 Å². The van der Waals surface area contributed by atoms with Gasteiger partial charge in [-0.25, -0.2) is 4.79 Å². The smallest absolute Gasteiger partial charge is 0.323 e. The first kappa shape index (κ1) is 14.3. The molecule has 2 heterocycles. The first-order valence-electron chi connectivity index (χ1n) is 7.32. The van der Waals surface area contributed by atoms with Gasteiger partial charge in [0, 0.05) is 12.6 Å². The Morgan fingerprint density at radius 2 is 2.11 bits per heavy atom. The van der Waals surface area contributed by atoms with E-state index < -0.39 is 5.54 Å². The molecule has 2 aliphatic rings. The van der Waals surface area contributed by atoms with Gasteiger partial charge in [-0.3, -0.25) is 9.69 Å². The molecule has 3 amide bonds. The van der Waals surface area contributed by atoms with Crippen LogP contribution in [0.4, 0.5) is 4.79 Å². The maximum absolute atomic E-state index is 12.4. The van der Waals surface area contributed by atoms with E-state index in [2.05, 4.69) is 10.6 Å². The number of imide groups is 1. The van der Waals surface area contributed by atoms with Gasteiger partial charge in [0.1, 0.15) is 5.54 Å². The maximum atomic E-state index is 12.4. The number of nitrogens with zero attached hydrogens (tertiary/aromatic N) is 1. The summed E-state index contributed by atoms with van der Waals surface area (Å²) < 4.78 is 0. The SMILES string of the molecule is CC(C)C1(C)NC(=O)N(CCC2CCCCN2)C1=O. The van der Waals surface area contributed by atoms with Crippen LogP contribution in [-0.4, -0.2) is 41.5 Å². The molecule has 2 saturated heterocycles. The molecule has 2 aliphatic heterocycles. The summed E-state index contributed by atoms with van der Waals surface area (Å²) in [4.78, 5) is 25.7. The number of urea groups is 1. The van der Waals surface area contributed by atoms with E-state index >= 15 is 0 Å². The Balaban J connectivity index is 1.93. The molecule has 0 radical (unpaired) electrons. The molecule has 0 aromatic heterocycles. The predicted octanol–water partition coefficient (Wildman–Crippen LogP) is 1.49. The van der Waals surface area contributed by atoms with E-state index in [0.29, 0.717) is 12.6 Å². The fraction of sp³-hybridized carbons (Fsp3) is 0.857. The average molecular weight is 267 g/mol. The molecule has 0 spiro atoms. The molecule has 5 nitrogen and oxygen atoms in total. The van der Waals surface area contributed by atoms with E-state index in [1.54, 1.807) is 0 Å². The Labute approximate surface area is 115 Å². The minimum atomic E-state index is -0.739. The van der Waals surface area contributed by atoms with Gasteiger partial charge in [-0.15, -0.1) is 0 Å². The number of nitrogens with one attached hydrogen (secondary N) is 2. The Morgan fingerprint density at radius 3 is 2.63 bits per heavy atom. The van der Waals surface area contributed by atoms with Gasteiger partial charge in [-0.2, -0.15) is 0 Å². The van der Waals surface area contributed by atoms with Crippen molar-refractivity contribution in [3.63, 3.8) is 0 Å². The molecular formula is C14H25N3O2. The molecule has 0 bridgehead atoms. The van der Waals surface area contributed by atoms with Gasteiger partial charge in [0.2, 0.25) is 0 Å². The van der Waals surface area contributed by atoms with Crippen molar-refractivity contribution >= 4 is 11.9 Å². The van der Waals surface area contributed by atoms with Crippen LogP contribution in [0.25, 0.3) is 0 Å². The van der Waals surface area contributed by atoms with Crippen molar-refractivity contribution in [2.24, 2.45) is 5.92 Å². The molecule has 0 saturated carbocycles.